The zero-order valence-electron chi connectivity index (χ0n) is 9.34. The Labute approximate surface area is 98.3 Å². The fourth-order valence-electron chi connectivity index (χ4n) is 1.54. The molecule has 0 saturated carbocycles. The van der Waals surface area contributed by atoms with E-state index < -0.39 is 0 Å². The second-order valence-electron chi connectivity index (χ2n) is 3.63. The zero-order valence-corrected chi connectivity index (χ0v) is 9.34. The minimum absolute atomic E-state index is 0.00861. The van der Waals surface area contributed by atoms with Crippen molar-refractivity contribution in [3.8, 4) is 17.5 Å². The van der Waals surface area contributed by atoms with E-state index in [0.717, 1.165) is 11.1 Å². The molecule has 0 spiro atoms. The standard InChI is InChI=1S/C12H11N3O2/c1-8-6-9(7-13)2-3-10(8)12-14-11(4-5-16)15-17-12/h2-3,6,16H,4-5H2,1H3. The molecule has 17 heavy (non-hydrogen) atoms. The maximum atomic E-state index is 8.77. The maximum Gasteiger partial charge on any atom is 0.258 e. The Morgan fingerprint density at radius 3 is 2.94 bits per heavy atom. The van der Waals surface area contributed by atoms with Crippen molar-refractivity contribution < 1.29 is 9.63 Å². The lowest BCUT2D eigenvalue weighted by atomic mass is 10.1. The first kappa shape index (κ1) is 11.3. The van der Waals surface area contributed by atoms with Gasteiger partial charge in [0.05, 0.1) is 18.2 Å². The van der Waals surface area contributed by atoms with Gasteiger partial charge in [0, 0.05) is 12.0 Å². The fraction of sp³-hybridized carbons (Fsp3) is 0.250. The summed E-state index contributed by atoms with van der Waals surface area (Å²) in [5.41, 5.74) is 2.31. The van der Waals surface area contributed by atoms with Gasteiger partial charge in [0.15, 0.2) is 5.82 Å². The first-order valence-electron chi connectivity index (χ1n) is 5.19. The van der Waals surface area contributed by atoms with Gasteiger partial charge in [0.25, 0.3) is 5.89 Å². The van der Waals surface area contributed by atoms with Crippen LogP contribution in [0.4, 0.5) is 0 Å². The number of hydrogen-bond donors (Lipinski definition) is 1. The van der Waals surface area contributed by atoms with E-state index in [-0.39, 0.29) is 6.61 Å². The van der Waals surface area contributed by atoms with Gasteiger partial charge in [-0.25, -0.2) is 0 Å². The summed E-state index contributed by atoms with van der Waals surface area (Å²) in [7, 11) is 0. The molecular weight excluding hydrogens is 218 g/mol. The van der Waals surface area contributed by atoms with Gasteiger partial charge < -0.3 is 9.63 Å². The highest BCUT2D eigenvalue weighted by atomic mass is 16.5. The smallest absolute Gasteiger partial charge is 0.258 e. The highest BCUT2D eigenvalue weighted by molar-refractivity contribution is 5.60. The molecule has 0 amide bonds. The van der Waals surface area contributed by atoms with Crippen molar-refractivity contribution >= 4 is 0 Å². The molecule has 5 nitrogen and oxygen atoms in total. The summed E-state index contributed by atoms with van der Waals surface area (Å²) in [5.74, 6) is 0.890. The zero-order chi connectivity index (χ0) is 12.3. The van der Waals surface area contributed by atoms with Gasteiger partial charge in [-0.05, 0) is 30.7 Å². The maximum absolute atomic E-state index is 8.77. The van der Waals surface area contributed by atoms with Crippen molar-refractivity contribution in [2.24, 2.45) is 0 Å². The summed E-state index contributed by atoms with van der Waals surface area (Å²) in [4.78, 5) is 4.17. The van der Waals surface area contributed by atoms with Crippen LogP contribution in [0.15, 0.2) is 22.7 Å². The molecule has 0 bridgehead atoms. The Bertz CT molecular complexity index is 569. The van der Waals surface area contributed by atoms with Crippen LogP contribution >= 0.6 is 0 Å². The molecule has 0 aliphatic rings. The van der Waals surface area contributed by atoms with E-state index >= 15 is 0 Å². The third-order valence-electron chi connectivity index (χ3n) is 2.39. The van der Waals surface area contributed by atoms with E-state index in [0.29, 0.717) is 23.7 Å². The highest BCUT2D eigenvalue weighted by Gasteiger charge is 2.11. The number of aliphatic hydroxyl groups excluding tert-OH is 1. The first-order valence-corrected chi connectivity index (χ1v) is 5.19. The van der Waals surface area contributed by atoms with Gasteiger partial charge in [-0.1, -0.05) is 5.16 Å². The summed E-state index contributed by atoms with van der Waals surface area (Å²) in [6, 6.07) is 7.33. The van der Waals surface area contributed by atoms with Crippen molar-refractivity contribution in [1.29, 1.82) is 5.26 Å². The number of nitrogens with zero attached hydrogens (tertiary/aromatic N) is 3. The van der Waals surface area contributed by atoms with Crippen LogP contribution in [-0.4, -0.2) is 21.9 Å². The summed E-state index contributed by atoms with van der Waals surface area (Å²) < 4.78 is 5.10. The molecule has 0 unspecified atom stereocenters. The molecule has 1 aromatic carbocycles. The Morgan fingerprint density at radius 1 is 1.47 bits per heavy atom. The molecule has 0 saturated heterocycles. The number of benzene rings is 1. The van der Waals surface area contributed by atoms with Crippen molar-refractivity contribution in [2.45, 2.75) is 13.3 Å². The molecule has 1 aromatic heterocycles. The highest BCUT2D eigenvalue weighted by Crippen LogP contribution is 2.22. The molecule has 0 radical (unpaired) electrons. The summed E-state index contributed by atoms with van der Waals surface area (Å²) in [6.07, 6.45) is 0.374. The van der Waals surface area contributed by atoms with Gasteiger partial charge in [0.1, 0.15) is 0 Å². The number of aliphatic hydroxyl groups is 1. The van der Waals surface area contributed by atoms with Crippen molar-refractivity contribution in [1.82, 2.24) is 10.1 Å². The SMILES string of the molecule is Cc1cc(C#N)ccc1-c1nc(CCO)no1. The summed E-state index contributed by atoms with van der Waals surface area (Å²) >= 11 is 0. The van der Waals surface area contributed by atoms with Gasteiger partial charge in [-0.3, -0.25) is 0 Å². The van der Waals surface area contributed by atoms with Crippen LogP contribution in [0.1, 0.15) is 17.0 Å². The minimum Gasteiger partial charge on any atom is -0.396 e. The van der Waals surface area contributed by atoms with Crippen LogP contribution < -0.4 is 0 Å². The first-order chi connectivity index (χ1) is 8.24. The average Bonchev–Trinajstić information content (AvgIpc) is 2.78. The molecule has 2 aromatic rings. The van der Waals surface area contributed by atoms with Crippen LogP contribution in [-0.2, 0) is 6.42 Å². The lowest BCUT2D eigenvalue weighted by molar-refractivity contribution is 0.293. The lowest BCUT2D eigenvalue weighted by Gasteiger charge is -1.99. The normalized spacial score (nSPS) is 10.2. The number of aromatic nitrogens is 2. The second-order valence-corrected chi connectivity index (χ2v) is 3.63. The molecule has 5 heteroatoms. The number of hydrogen-bond acceptors (Lipinski definition) is 5. The van der Waals surface area contributed by atoms with E-state index in [2.05, 4.69) is 16.2 Å². The number of nitriles is 1. The van der Waals surface area contributed by atoms with Gasteiger partial charge in [0.2, 0.25) is 0 Å². The van der Waals surface area contributed by atoms with E-state index in [9.17, 15) is 0 Å². The molecule has 0 aliphatic carbocycles. The van der Waals surface area contributed by atoms with E-state index in [1.807, 2.05) is 6.92 Å². The Morgan fingerprint density at radius 2 is 2.29 bits per heavy atom. The predicted molar refractivity (Wildman–Crippen MR) is 60.0 cm³/mol. The third-order valence-corrected chi connectivity index (χ3v) is 2.39. The average molecular weight is 229 g/mol. The summed E-state index contributed by atoms with van der Waals surface area (Å²) in [6.45, 7) is 1.87. The van der Waals surface area contributed by atoms with E-state index in [1.54, 1.807) is 18.2 Å². The van der Waals surface area contributed by atoms with E-state index in [4.69, 9.17) is 14.9 Å². The largest absolute Gasteiger partial charge is 0.396 e. The molecule has 0 aliphatic heterocycles. The molecule has 0 fully saturated rings. The Kier molecular flexibility index (Phi) is 3.17. The van der Waals surface area contributed by atoms with Crippen molar-refractivity contribution in [2.75, 3.05) is 6.61 Å². The van der Waals surface area contributed by atoms with Crippen LogP contribution in [0.25, 0.3) is 11.5 Å². The van der Waals surface area contributed by atoms with Gasteiger partial charge in [-0.15, -0.1) is 0 Å². The number of rotatable bonds is 3. The molecule has 86 valence electrons. The van der Waals surface area contributed by atoms with Crippen molar-refractivity contribution in [3.05, 3.63) is 35.2 Å². The predicted octanol–water partition coefficient (Wildman–Crippen LogP) is 1.45. The lowest BCUT2D eigenvalue weighted by Crippen LogP contribution is -1.92. The molecule has 2 rings (SSSR count). The summed E-state index contributed by atoms with van der Waals surface area (Å²) in [5, 5.41) is 21.3. The van der Waals surface area contributed by atoms with Gasteiger partial charge in [-0.2, -0.15) is 10.2 Å². The third kappa shape index (κ3) is 2.32. The van der Waals surface area contributed by atoms with Crippen LogP contribution in [0, 0.1) is 18.3 Å². The second kappa shape index (κ2) is 4.76. The topological polar surface area (TPSA) is 82.9 Å². The molecule has 1 heterocycles. The quantitative estimate of drug-likeness (QED) is 0.861. The van der Waals surface area contributed by atoms with Crippen LogP contribution in [0.2, 0.25) is 0 Å². The van der Waals surface area contributed by atoms with Crippen LogP contribution in [0.3, 0.4) is 0 Å². The molecular formula is C12H11N3O2. The molecule has 1 N–H and O–H groups in total. The number of aryl methyl sites for hydroxylation is 1. The fourth-order valence-corrected chi connectivity index (χ4v) is 1.54. The Balaban J connectivity index is 2.36. The minimum atomic E-state index is -0.00861. The molecule has 0 atom stereocenters. The van der Waals surface area contributed by atoms with Crippen LogP contribution in [0.5, 0.6) is 0 Å². The monoisotopic (exact) mass is 229 g/mol. The van der Waals surface area contributed by atoms with Crippen molar-refractivity contribution in [3.63, 3.8) is 0 Å². The van der Waals surface area contributed by atoms with Gasteiger partial charge >= 0.3 is 0 Å². The van der Waals surface area contributed by atoms with E-state index in [1.165, 1.54) is 0 Å². The Hall–Kier alpha value is -2.19.